The van der Waals surface area contributed by atoms with Gasteiger partial charge in [-0.25, -0.2) is 22.4 Å². The Hall–Kier alpha value is -6.69. The molecule has 1 aromatic heterocycles. The number of carbonyl (C=O) groups is 3. The molecule has 0 bridgehead atoms. The third-order valence-corrected chi connectivity index (χ3v) is 13.3. The molecule has 0 aliphatic heterocycles. The van der Waals surface area contributed by atoms with Crippen LogP contribution in [0.4, 0.5) is 10.1 Å². The van der Waals surface area contributed by atoms with Gasteiger partial charge in [-0.15, -0.1) is 0 Å². The number of carbonyl (C=O) groups excluding carboxylic acids is 3. The molecule has 0 spiro atoms. The van der Waals surface area contributed by atoms with Crippen molar-refractivity contribution in [3.8, 4) is 11.3 Å². The fourth-order valence-corrected chi connectivity index (χ4v) is 9.47. The van der Waals surface area contributed by atoms with E-state index in [0.29, 0.717) is 78.6 Å². The zero-order chi connectivity index (χ0) is 51.9. The van der Waals surface area contributed by atoms with E-state index in [-0.39, 0.29) is 55.9 Å². The van der Waals surface area contributed by atoms with E-state index in [1.807, 2.05) is 79.7 Å². The number of rotatable bonds is 24. The molecule has 1 amide bonds. The summed E-state index contributed by atoms with van der Waals surface area (Å²) in [6, 6.07) is 31.9. The highest BCUT2D eigenvalue weighted by Crippen LogP contribution is 2.48. The Kier molecular flexibility index (Phi) is 19.1. The van der Waals surface area contributed by atoms with Crippen molar-refractivity contribution >= 4 is 66.1 Å². The van der Waals surface area contributed by atoms with Crippen LogP contribution in [0.25, 0.3) is 43.8 Å². The summed E-state index contributed by atoms with van der Waals surface area (Å²) < 4.78 is 80.6. The second-order valence-corrected chi connectivity index (χ2v) is 19.2. The molecule has 73 heavy (non-hydrogen) atoms. The number of anilines is 1. The molecule has 0 atom stereocenters. The minimum Gasteiger partial charge on any atom is -0.462 e. The lowest BCUT2D eigenvalue weighted by Gasteiger charge is -2.25. The van der Waals surface area contributed by atoms with Gasteiger partial charge in [-0.2, -0.15) is 0 Å². The third-order valence-electron chi connectivity index (χ3n) is 12.1. The molecular weight excluding hydrogens is 956 g/mol. The molecule has 1 saturated carbocycles. The standard InChI is InChI=1S/C38H39FN2O8S.C19H24O4/c1-4-48-38(43)30-16-13-26(28-7-5-6-8-29(28)30)23-47-20-19-46-18-17-41(50(3,44)45)33-22-34-32(21-31(33)24-9-10-24)35(37(42)40-2)36(49-34)25-11-14-27(39)15-12-25;1-3-11-21-12-13-22-14-15-9-10-18(19(20)23-4-2)17-8-6-5-7-16(15)17/h5-8,11-16,21-22,24H,4,9-10,17-20,23H2,1-3H3,(H,40,42);5-10H,3-4,11-14H2,1-2H3. The lowest BCUT2D eigenvalue weighted by molar-refractivity contribution is 0.0412. The molecule has 7 aromatic rings. The quantitative estimate of drug-likeness (QED) is 0.0450. The Balaban J connectivity index is 0.000000284. The zero-order valence-corrected chi connectivity index (χ0v) is 42.8. The number of amides is 1. The minimum atomic E-state index is -3.74. The van der Waals surface area contributed by atoms with E-state index in [1.165, 1.54) is 35.6 Å². The number of sulfonamides is 1. The van der Waals surface area contributed by atoms with Gasteiger partial charge in [-0.05, 0) is 120 Å². The van der Waals surface area contributed by atoms with Crippen molar-refractivity contribution in [2.45, 2.75) is 59.2 Å². The molecule has 1 N–H and O–H groups in total. The number of esters is 2. The highest BCUT2D eigenvalue weighted by molar-refractivity contribution is 7.92. The Bertz CT molecular complexity index is 3130. The molecule has 1 aliphatic rings. The van der Waals surface area contributed by atoms with Crippen molar-refractivity contribution in [1.82, 2.24) is 5.32 Å². The van der Waals surface area contributed by atoms with Gasteiger partial charge in [0.05, 0.1) is 94.6 Å². The summed E-state index contributed by atoms with van der Waals surface area (Å²) in [5.74, 6) is -1.03. The summed E-state index contributed by atoms with van der Waals surface area (Å²) in [5, 5.41) is 6.82. The van der Waals surface area contributed by atoms with Crippen LogP contribution in [-0.2, 0) is 51.7 Å². The van der Waals surface area contributed by atoms with Crippen molar-refractivity contribution < 1.29 is 60.0 Å². The highest BCUT2D eigenvalue weighted by atomic mass is 32.2. The van der Waals surface area contributed by atoms with E-state index in [4.69, 9.17) is 32.8 Å². The van der Waals surface area contributed by atoms with Gasteiger partial charge in [0.1, 0.15) is 17.2 Å². The lowest BCUT2D eigenvalue weighted by atomic mass is 10.00. The third kappa shape index (κ3) is 13.7. The van der Waals surface area contributed by atoms with Gasteiger partial charge in [-0.3, -0.25) is 9.10 Å². The van der Waals surface area contributed by atoms with Gasteiger partial charge in [0.25, 0.3) is 5.91 Å². The first-order valence-corrected chi connectivity index (χ1v) is 26.5. The molecule has 1 heterocycles. The maximum atomic E-state index is 13.7. The Morgan fingerprint density at radius 1 is 0.658 bits per heavy atom. The van der Waals surface area contributed by atoms with Crippen LogP contribution in [0.1, 0.15) is 93.7 Å². The smallest absolute Gasteiger partial charge is 0.338 e. The van der Waals surface area contributed by atoms with E-state index in [1.54, 1.807) is 19.1 Å². The molecular formula is C57H63FN2O12S. The van der Waals surface area contributed by atoms with Crippen molar-refractivity contribution in [2.24, 2.45) is 0 Å². The first kappa shape index (κ1) is 54.1. The topological polar surface area (TPSA) is 169 Å². The Morgan fingerprint density at radius 3 is 1.67 bits per heavy atom. The van der Waals surface area contributed by atoms with Crippen molar-refractivity contribution in [1.29, 1.82) is 0 Å². The summed E-state index contributed by atoms with van der Waals surface area (Å²) in [7, 11) is -2.21. The fraction of sp³-hybridized carbons (Fsp3) is 0.351. The predicted molar refractivity (Wildman–Crippen MR) is 280 cm³/mol. The zero-order valence-electron chi connectivity index (χ0n) is 42.0. The summed E-state index contributed by atoms with van der Waals surface area (Å²) in [4.78, 5) is 37.6. The molecule has 0 radical (unpaired) electrons. The number of hydrogen-bond donors (Lipinski definition) is 1. The number of halogens is 1. The maximum Gasteiger partial charge on any atom is 0.338 e. The van der Waals surface area contributed by atoms with Crippen LogP contribution < -0.4 is 9.62 Å². The predicted octanol–water partition coefficient (Wildman–Crippen LogP) is 10.8. The Morgan fingerprint density at radius 2 is 1.18 bits per heavy atom. The SMILES string of the molecule is CCCOCCOCc1ccc(C(=O)OCC)c2ccccc12.CCOC(=O)c1ccc(COCCOCCN(c2cc3oc(-c4ccc(F)cc4)c(C(=O)NC)c3cc2C2CC2)S(C)(=O)=O)c2ccccc12. The second kappa shape index (κ2) is 25.8. The number of furan rings is 1. The number of nitrogens with zero attached hydrogens (tertiary/aromatic N) is 1. The van der Waals surface area contributed by atoms with E-state index < -0.39 is 15.8 Å². The summed E-state index contributed by atoms with van der Waals surface area (Å²) in [6.45, 7) is 9.72. The molecule has 386 valence electrons. The number of hydrogen-bond acceptors (Lipinski definition) is 12. The molecule has 1 aliphatic carbocycles. The normalized spacial score (nSPS) is 12.4. The van der Waals surface area contributed by atoms with Crippen molar-refractivity contribution in [3.05, 3.63) is 148 Å². The molecule has 6 aromatic carbocycles. The maximum absolute atomic E-state index is 13.7. The second-order valence-electron chi connectivity index (χ2n) is 17.3. The van der Waals surface area contributed by atoms with Crippen LogP contribution in [-0.4, -0.2) is 99.0 Å². The molecule has 0 unspecified atom stereocenters. The average Bonchev–Trinajstić information content (AvgIpc) is 4.17. The summed E-state index contributed by atoms with van der Waals surface area (Å²) >= 11 is 0. The first-order chi connectivity index (χ1) is 35.4. The van der Waals surface area contributed by atoms with Crippen LogP contribution in [0.2, 0.25) is 0 Å². The first-order valence-electron chi connectivity index (χ1n) is 24.6. The van der Waals surface area contributed by atoms with Crippen LogP contribution in [0.15, 0.2) is 114 Å². The average molecular weight is 1020 g/mol. The van der Waals surface area contributed by atoms with E-state index in [0.717, 1.165) is 70.4 Å². The van der Waals surface area contributed by atoms with Crippen molar-refractivity contribution in [3.63, 3.8) is 0 Å². The lowest BCUT2D eigenvalue weighted by Crippen LogP contribution is -2.34. The number of benzene rings is 6. The monoisotopic (exact) mass is 1020 g/mol. The molecule has 16 heteroatoms. The van der Waals surface area contributed by atoms with Crippen molar-refractivity contribution in [2.75, 3.05) is 77.0 Å². The minimum absolute atomic E-state index is 0.0534. The summed E-state index contributed by atoms with van der Waals surface area (Å²) in [6.07, 6.45) is 3.95. The van der Waals surface area contributed by atoms with Crippen LogP contribution in [0, 0.1) is 5.82 Å². The van der Waals surface area contributed by atoms with E-state index >= 15 is 0 Å². The fourth-order valence-electron chi connectivity index (χ4n) is 8.55. The van der Waals surface area contributed by atoms with Gasteiger partial charge in [0.15, 0.2) is 0 Å². The van der Waals surface area contributed by atoms with Crippen LogP contribution in [0.3, 0.4) is 0 Å². The van der Waals surface area contributed by atoms with Gasteiger partial charge in [-0.1, -0.05) is 67.6 Å². The number of nitrogens with one attached hydrogen (secondary N) is 1. The highest BCUT2D eigenvalue weighted by Gasteiger charge is 2.33. The van der Waals surface area contributed by atoms with Gasteiger partial charge in [0, 0.05) is 30.7 Å². The van der Waals surface area contributed by atoms with Gasteiger partial charge >= 0.3 is 11.9 Å². The van der Waals surface area contributed by atoms with Gasteiger partial charge < -0.3 is 38.2 Å². The summed E-state index contributed by atoms with van der Waals surface area (Å²) in [5.41, 5.74) is 5.52. The number of fused-ring (bicyclic) bond motifs is 3. The van der Waals surface area contributed by atoms with E-state index in [9.17, 15) is 27.2 Å². The largest absolute Gasteiger partial charge is 0.462 e. The molecule has 8 rings (SSSR count). The molecule has 14 nitrogen and oxygen atoms in total. The van der Waals surface area contributed by atoms with E-state index in [2.05, 4.69) is 12.2 Å². The Labute approximate surface area is 425 Å². The molecule has 1 fully saturated rings. The molecule has 0 saturated heterocycles. The van der Waals surface area contributed by atoms with Crippen LogP contribution in [0.5, 0.6) is 0 Å². The van der Waals surface area contributed by atoms with Gasteiger partial charge in [0.2, 0.25) is 10.0 Å². The number of ether oxygens (including phenoxy) is 6. The van der Waals surface area contributed by atoms with Crippen LogP contribution >= 0.6 is 0 Å².